The summed E-state index contributed by atoms with van der Waals surface area (Å²) in [5.74, 6) is -1.84. The van der Waals surface area contributed by atoms with Crippen molar-refractivity contribution in [2.75, 3.05) is 13.7 Å². The minimum Gasteiger partial charge on any atom is -0.480 e. The van der Waals surface area contributed by atoms with Crippen molar-refractivity contribution in [2.45, 2.75) is 51.3 Å². The smallest absolute Gasteiger partial charge is 0.407 e. The molecule has 3 atom stereocenters. The second kappa shape index (κ2) is 11.2. The van der Waals surface area contributed by atoms with Crippen LogP contribution in [0.3, 0.4) is 0 Å². The lowest BCUT2D eigenvalue weighted by atomic mass is 9.98. The SMILES string of the molecule is COC(C)C(NC(=O)C(CC(C)C)NC(=O)OCC1c2ccccc2-c2ccccc21)C(=O)O. The first-order valence-electron chi connectivity index (χ1n) is 11.4. The molecule has 2 aromatic carbocycles. The van der Waals surface area contributed by atoms with Crippen LogP contribution in [-0.4, -0.2) is 55.0 Å². The van der Waals surface area contributed by atoms with Gasteiger partial charge in [-0.15, -0.1) is 0 Å². The Labute approximate surface area is 199 Å². The quantitative estimate of drug-likeness (QED) is 0.491. The zero-order chi connectivity index (χ0) is 24.8. The van der Waals surface area contributed by atoms with E-state index in [1.165, 1.54) is 7.11 Å². The first-order chi connectivity index (χ1) is 16.2. The second-order valence-electron chi connectivity index (χ2n) is 8.92. The van der Waals surface area contributed by atoms with E-state index in [-0.39, 0.29) is 18.4 Å². The highest BCUT2D eigenvalue weighted by molar-refractivity contribution is 5.89. The Kier molecular flexibility index (Phi) is 8.28. The molecular formula is C26H32N2O6. The van der Waals surface area contributed by atoms with Gasteiger partial charge in [0.05, 0.1) is 6.10 Å². The Morgan fingerprint density at radius 1 is 0.941 bits per heavy atom. The number of fused-ring (bicyclic) bond motifs is 3. The Hall–Kier alpha value is -3.39. The van der Waals surface area contributed by atoms with E-state index < -0.39 is 36.2 Å². The number of carbonyl (C=O) groups is 3. The summed E-state index contributed by atoms with van der Waals surface area (Å²) in [5, 5.41) is 14.5. The van der Waals surface area contributed by atoms with Crippen LogP contribution in [-0.2, 0) is 19.1 Å². The number of methoxy groups -OCH3 is 1. The van der Waals surface area contributed by atoms with Gasteiger partial charge >= 0.3 is 12.1 Å². The van der Waals surface area contributed by atoms with Gasteiger partial charge in [0.25, 0.3) is 0 Å². The Balaban J connectivity index is 1.67. The lowest BCUT2D eigenvalue weighted by Crippen LogP contribution is -2.55. The summed E-state index contributed by atoms with van der Waals surface area (Å²) in [6.07, 6.45) is -1.14. The number of rotatable bonds is 10. The van der Waals surface area contributed by atoms with Crippen molar-refractivity contribution in [2.24, 2.45) is 5.92 Å². The van der Waals surface area contributed by atoms with Crippen molar-refractivity contribution < 1.29 is 29.0 Å². The van der Waals surface area contributed by atoms with Crippen molar-refractivity contribution in [3.8, 4) is 11.1 Å². The van der Waals surface area contributed by atoms with Crippen LogP contribution in [0.1, 0.15) is 44.2 Å². The summed E-state index contributed by atoms with van der Waals surface area (Å²) in [6, 6.07) is 13.9. The average Bonchev–Trinajstić information content (AvgIpc) is 3.13. The summed E-state index contributed by atoms with van der Waals surface area (Å²) >= 11 is 0. The predicted octanol–water partition coefficient (Wildman–Crippen LogP) is 3.54. The topological polar surface area (TPSA) is 114 Å². The van der Waals surface area contributed by atoms with Crippen LogP contribution in [0.4, 0.5) is 4.79 Å². The molecule has 0 fully saturated rings. The van der Waals surface area contributed by atoms with Crippen molar-refractivity contribution in [3.63, 3.8) is 0 Å². The fourth-order valence-electron chi connectivity index (χ4n) is 4.26. The first kappa shape index (κ1) is 25.2. The molecule has 34 heavy (non-hydrogen) atoms. The standard InChI is InChI=1S/C26H32N2O6/c1-15(2)13-22(24(29)28-23(25(30)31)16(3)33-4)27-26(32)34-14-21-19-11-7-5-9-17(19)18-10-6-8-12-20(18)21/h5-12,15-16,21-23H,13-14H2,1-4H3,(H,27,32)(H,28,29)(H,30,31). The molecule has 3 unspecified atom stereocenters. The van der Waals surface area contributed by atoms with Crippen LogP contribution >= 0.6 is 0 Å². The number of hydrogen-bond acceptors (Lipinski definition) is 5. The van der Waals surface area contributed by atoms with Gasteiger partial charge in [-0.2, -0.15) is 0 Å². The van der Waals surface area contributed by atoms with Gasteiger partial charge in [-0.25, -0.2) is 9.59 Å². The molecule has 0 spiro atoms. The molecule has 182 valence electrons. The third-order valence-electron chi connectivity index (χ3n) is 6.06. The molecule has 1 aliphatic rings. The molecule has 0 bridgehead atoms. The molecule has 2 aromatic rings. The summed E-state index contributed by atoms with van der Waals surface area (Å²) in [6.45, 7) is 5.49. The maximum absolute atomic E-state index is 12.8. The molecule has 0 aliphatic heterocycles. The number of carboxylic acids is 1. The maximum atomic E-state index is 12.8. The molecule has 8 nitrogen and oxygen atoms in total. The van der Waals surface area contributed by atoms with E-state index in [1.54, 1.807) is 6.92 Å². The minimum absolute atomic E-state index is 0.0766. The molecule has 0 saturated heterocycles. The van der Waals surface area contributed by atoms with Gasteiger partial charge < -0.3 is 25.2 Å². The van der Waals surface area contributed by atoms with Crippen molar-refractivity contribution in [3.05, 3.63) is 59.7 Å². The lowest BCUT2D eigenvalue weighted by Gasteiger charge is -2.25. The fraction of sp³-hybridized carbons (Fsp3) is 0.423. The zero-order valence-electron chi connectivity index (χ0n) is 19.9. The third kappa shape index (κ3) is 5.75. The normalized spacial score (nSPS) is 15.1. The van der Waals surface area contributed by atoms with Gasteiger partial charge in [-0.3, -0.25) is 4.79 Å². The Morgan fingerprint density at radius 3 is 2.00 bits per heavy atom. The van der Waals surface area contributed by atoms with E-state index in [0.717, 1.165) is 22.3 Å². The van der Waals surface area contributed by atoms with Crippen molar-refractivity contribution in [1.82, 2.24) is 10.6 Å². The zero-order valence-corrected chi connectivity index (χ0v) is 19.9. The van der Waals surface area contributed by atoms with Crippen LogP contribution in [0.25, 0.3) is 11.1 Å². The molecular weight excluding hydrogens is 436 g/mol. The molecule has 0 radical (unpaired) electrons. The van der Waals surface area contributed by atoms with Gasteiger partial charge in [0.15, 0.2) is 6.04 Å². The van der Waals surface area contributed by atoms with Crippen LogP contribution in [0.2, 0.25) is 0 Å². The second-order valence-corrected chi connectivity index (χ2v) is 8.92. The van der Waals surface area contributed by atoms with E-state index in [4.69, 9.17) is 9.47 Å². The number of hydrogen-bond donors (Lipinski definition) is 3. The van der Waals surface area contributed by atoms with Crippen LogP contribution in [0, 0.1) is 5.92 Å². The summed E-state index contributed by atoms with van der Waals surface area (Å²) in [4.78, 5) is 37.1. The average molecular weight is 469 g/mol. The number of alkyl carbamates (subject to hydrolysis) is 1. The molecule has 2 amide bonds. The molecule has 0 heterocycles. The van der Waals surface area contributed by atoms with Gasteiger partial charge in [-0.1, -0.05) is 62.4 Å². The number of aliphatic carboxylic acids is 1. The monoisotopic (exact) mass is 468 g/mol. The number of ether oxygens (including phenoxy) is 2. The van der Waals surface area contributed by atoms with E-state index in [1.807, 2.05) is 50.2 Å². The van der Waals surface area contributed by atoms with Gasteiger partial charge in [0.1, 0.15) is 12.6 Å². The van der Waals surface area contributed by atoms with Gasteiger partial charge in [0, 0.05) is 13.0 Å². The summed E-state index contributed by atoms with van der Waals surface area (Å²) in [5.41, 5.74) is 4.42. The highest BCUT2D eigenvalue weighted by atomic mass is 16.5. The highest BCUT2D eigenvalue weighted by Crippen LogP contribution is 2.44. The fourth-order valence-corrected chi connectivity index (χ4v) is 4.26. The van der Waals surface area contributed by atoms with Crippen molar-refractivity contribution >= 4 is 18.0 Å². The van der Waals surface area contributed by atoms with Crippen LogP contribution in [0.5, 0.6) is 0 Å². The number of amides is 2. The van der Waals surface area contributed by atoms with Crippen molar-refractivity contribution in [1.29, 1.82) is 0 Å². The number of benzene rings is 2. The van der Waals surface area contributed by atoms with Crippen LogP contribution in [0.15, 0.2) is 48.5 Å². The lowest BCUT2D eigenvalue weighted by molar-refractivity contribution is -0.145. The molecule has 0 aromatic heterocycles. The highest BCUT2D eigenvalue weighted by Gasteiger charge is 2.32. The van der Waals surface area contributed by atoms with E-state index >= 15 is 0 Å². The largest absolute Gasteiger partial charge is 0.480 e. The molecule has 8 heteroatoms. The predicted molar refractivity (Wildman–Crippen MR) is 127 cm³/mol. The molecule has 1 aliphatic carbocycles. The number of carboxylic acid groups (broad SMARTS) is 1. The van der Waals surface area contributed by atoms with Crippen LogP contribution < -0.4 is 10.6 Å². The van der Waals surface area contributed by atoms with E-state index in [2.05, 4.69) is 22.8 Å². The molecule has 3 rings (SSSR count). The summed E-state index contributed by atoms with van der Waals surface area (Å²) < 4.78 is 10.6. The Morgan fingerprint density at radius 2 is 1.50 bits per heavy atom. The number of carbonyl (C=O) groups excluding carboxylic acids is 2. The summed E-state index contributed by atoms with van der Waals surface area (Å²) in [7, 11) is 1.37. The molecule has 3 N–H and O–H groups in total. The third-order valence-corrected chi connectivity index (χ3v) is 6.06. The van der Waals surface area contributed by atoms with E-state index in [9.17, 15) is 19.5 Å². The Bertz CT molecular complexity index is 992. The molecule has 0 saturated carbocycles. The first-order valence-corrected chi connectivity index (χ1v) is 11.4. The maximum Gasteiger partial charge on any atom is 0.407 e. The number of nitrogens with one attached hydrogen (secondary N) is 2. The van der Waals surface area contributed by atoms with Gasteiger partial charge in [0.2, 0.25) is 5.91 Å². The van der Waals surface area contributed by atoms with Gasteiger partial charge in [-0.05, 0) is 41.5 Å². The minimum atomic E-state index is -1.24. The van der Waals surface area contributed by atoms with E-state index in [0.29, 0.717) is 6.42 Å².